The fraction of sp³-hybridized carbons (Fsp3) is 0.417. The largest absolute Gasteiger partial charge is 0.416 e. The summed E-state index contributed by atoms with van der Waals surface area (Å²) in [5.74, 6) is -1.28. The van der Waals surface area contributed by atoms with E-state index in [0.29, 0.717) is 19.0 Å². The van der Waals surface area contributed by atoms with Gasteiger partial charge in [-0.3, -0.25) is 4.79 Å². The van der Waals surface area contributed by atoms with E-state index in [0.717, 1.165) is 18.6 Å². The minimum Gasteiger partial charge on any atom is -0.374 e. The van der Waals surface area contributed by atoms with Crippen LogP contribution in [0.25, 0.3) is 0 Å². The van der Waals surface area contributed by atoms with E-state index in [4.69, 9.17) is 0 Å². The summed E-state index contributed by atoms with van der Waals surface area (Å²) >= 11 is 0. The minimum absolute atomic E-state index is 0.0469. The van der Waals surface area contributed by atoms with Crippen LogP contribution in [0.5, 0.6) is 0 Å². The highest BCUT2D eigenvalue weighted by Crippen LogP contribution is 2.32. The summed E-state index contributed by atoms with van der Waals surface area (Å²) in [5, 5.41) is 5.23. The number of anilines is 1. The van der Waals surface area contributed by atoms with Crippen molar-refractivity contribution in [2.24, 2.45) is 0 Å². The number of nitrogens with one attached hydrogen (secondary N) is 2. The van der Waals surface area contributed by atoms with E-state index in [1.165, 1.54) is 0 Å². The number of rotatable bonds is 2. The van der Waals surface area contributed by atoms with Gasteiger partial charge in [-0.2, -0.15) is 13.2 Å². The maximum atomic E-state index is 13.2. The third kappa shape index (κ3) is 3.36. The Kier molecular flexibility index (Phi) is 3.64. The highest BCUT2D eigenvalue weighted by molar-refractivity contribution is 5.85. The summed E-state index contributed by atoms with van der Waals surface area (Å²) in [6, 6.07) is 1.53. The van der Waals surface area contributed by atoms with E-state index >= 15 is 0 Å². The predicted octanol–water partition coefficient (Wildman–Crippen LogP) is 2.54. The van der Waals surface area contributed by atoms with Gasteiger partial charge in [-0.25, -0.2) is 4.39 Å². The molecule has 2 N–H and O–H groups in total. The Morgan fingerprint density at radius 3 is 2.63 bits per heavy atom. The van der Waals surface area contributed by atoms with Crippen molar-refractivity contribution in [3.8, 4) is 0 Å². The molecule has 2 rings (SSSR count). The number of hydrogen-bond acceptors (Lipinski definition) is 2. The molecule has 1 aliphatic heterocycles. The van der Waals surface area contributed by atoms with Crippen molar-refractivity contribution in [3.63, 3.8) is 0 Å². The maximum Gasteiger partial charge on any atom is 0.416 e. The van der Waals surface area contributed by atoms with Gasteiger partial charge in [0.15, 0.2) is 0 Å². The number of hydrogen-bond donors (Lipinski definition) is 2. The van der Waals surface area contributed by atoms with Crippen molar-refractivity contribution in [2.45, 2.75) is 25.1 Å². The Balaban J connectivity index is 2.20. The van der Waals surface area contributed by atoms with E-state index in [9.17, 15) is 22.4 Å². The molecule has 1 amide bonds. The van der Waals surface area contributed by atoms with Crippen LogP contribution in [0.15, 0.2) is 18.2 Å². The van der Waals surface area contributed by atoms with Crippen molar-refractivity contribution in [1.29, 1.82) is 0 Å². The predicted molar refractivity (Wildman–Crippen MR) is 61.1 cm³/mol. The van der Waals surface area contributed by atoms with Gasteiger partial charge < -0.3 is 10.6 Å². The Morgan fingerprint density at radius 1 is 1.26 bits per heavy atom. The van der Waals surface area contributed by atoms with Crippen LogP contribution in [0, 0.1) is 5.82 Å². The number of carbonyl (C=O) groups excluding carboxylic acids is 1. The third-order valence-corrected chi connectivity index (χ3v) is 2.85. The van der Waals surface area contributed by atoms with Crippen molar-refractivity contribution >= 4 is 11.6 Å². The lowest BCUT2D eigenvalue weighted by atomic mass is 10.1. The smallest absolute Gasteiger partial charge is 0.374 e. The topological polar surface area (TPSA) is 41.1 Å². The zero-order valence-electron chi connectivity index (χ0n) is 9.85. The first-order chi connectivity index (χ1) is 8.86. The zero-order chi connectivity index (χ0) is 14.0. The summed E-state index contributed by atoms with van der Waals surface area (Å²) in [6.45, 7) is 0.550. The van der Waals surface area contributed by atoms with Crippen molar-refractivity contribution in [3.05, 3.63) is 29.6 Å². The molecule has 1 atom stereocenters. The first-order valence-electron chi connectivity index (χ1n) is 5.78. The molecule has 1 aromatic rings. The van der Waals surface area contributed by atoms with E-state index in [1.807, 2.05) is 0 Å². The Hall–Kier alpha value is -1.79. The first kappa shape index (κ1) is 13.6. The highest BCUT2D eigenvalue weighted by Gasteiger charge is 2.32. The third-order valence-electron chi connectivity index (χ3n) is 2.85. The molecule has 104 valence electrons. The van der Waals surface area contributed by atoms with Gasteiger partial charge in [0.25, 0.3) is 0 Å². The molecule has 0 bridgehead atoms. The number of piperidine rings is 1. The van der Waals surface area contributed by atoms with Crippen molar-refractivity contribution < 1.29 is 22.4 Å². The fourth-order valence-electron chi connectivity index (χ4n) is 1.95. The lowest BCUT2D eigenvalue weighted by Gasteiger charge is -2.24. The molecule has 1 saturated heterocycles. The second kappa shape index (κ2) is 5.07. The number of amides is 1. The van der Waals surface area contributed by atoms with E-state index < -0.39 is 23.6 Å². The molecule has 1 heterocycles. The van der Waals surface area contributed by atoms with Crippen LogP contribution in [0.2, 0.25) is 0 Å². The second-order valence-electron chi connectivity index (χ2n) is 4.36. The average molecular weight is 276 g/mol. The molecular formula is C12H12F4N2O. The number of alkyl halides is 3. The molecule has 3 nitrogen and oxygen atoms in total. The van der Waals surface area contributed by atoms with Crippen LogP contribution in [0.4, 0.5) is 23.2 Å². The standard InChI is InChI=1S/C12H12F4N2O/c13-8-4-7(12(14,15)16)5-9(6-8)18-10-2-1-3-17-11(10)19/h4-6,10,18H,1-3H2,(H,17,19). The van der Waals surface area contributed by atoms with Gasteiger partial charge in [0.1, 0.15) is 11.9 Å². The molecule has 0 saturated carbocycles. The molecule has 1 aromatic carbocycles. The monoisotopic (exact) mass is 276 g/mol. The summed E-state index contributed by atoms with van der Waals surface area (Å²) in [6.07, 6.45) is -3.39. The van der Waals surface area contributed by atoms with E-state index in [1.54, 1.807) is 0 Å². The summed E-state index contributed by atoms with van der Waals surface area (Å²) in [4.78, 5) is 11.5. The molecule has 1 unspecified atom stereocenters. The average Bonchev–Trinajstić information content (AvgIpc) is 2.30. The lowest BCUT2D eigenvalue weighted by Crippen LogP contribution is -2.44. The van der Waals surface area contributed by atoms with Gasteiger partial charge in [0.05, 0.1) is 5.56 Å². The van der Waals surface area contributed by atoms with Crippen molar-refractivity contribution in [1.82, 2.24) is 5.32 Å². The lowest BCUT2D eigenvalue weighted by molar-refractivity contribution is -0.137. The van der Waals surface area contributed by atoms with Crippen LogP contribution in [-0.4, -0.2) is 18.5 Å². The highest BCUT2D eigenvalue weighted by atomic mass is 19.4. The molecule has 19 heavy (non-hydrogen) atoms. The molecule has 0 aromatic heterocycles. The molecular weight excluding hydrogens is 264 g/mol. The second-order valence-corrected chi connectivity index (χ2v) is 4.36. The van der Waals surface area contributed by atoms with E-state index in [2.05, 4.69) is 10.6 Å². The summed E-state index contributed by atoms with van der Waals surface area (Å²) < 4.78 is 50.8. The quantitative estimate of drug-likeness (QED) is 0.815. The Labute approximate surface area is 107 Å². The molecule has 0 radical (unpaired) electrons. The molecule has 0 spiro atoms. The maximum absolute atomic E-state index is 13.2. The van der Waals surface area contributed by atoms with E-state index in [-0.39, 0.29) is 11.6 Å². The van der Waals surface area contributed by atoms with Gasteiger partial charge in [0, 0.05) is 12.2 Å². The summed E-state index contributed by atoms with van der Waals surface area (Å²) in [7, 11) is 0. The van der Waals surface area contributed by atoms with Crippen LogP contribution in [0.3, 0.4) is 0 Å². The van der Waals surface area contributed by atoms with Crippen LogP contribution in [0.1, 0.15) is 18.4 Å². The molecule has 1 aliphatic rings. The van der Waals surface area contributed by atoms with Gasteiger partial charge in [0.2, 0.25) is 5.91 Å². The van der Waals surface area contributed by atoms with Crippen LogP contribution < -0.4 is 10.6 Å². The van der Waals surface area contributed by atoms with Crippen molar-refractivity contribution in [2.75, 3.05) is 11.9 Å². The zero-order valence-corrected chi connectivity index (χ0v) is 9.85. The molecule has 7 heteroatoms. The number of benzene rings is 1. The Bertz CT molecular complexity index is 487. The normalized spacial score (nSPS) is 20.0. The minimum atomic E-state index is -4.62. The van der Waals surface area contributed by atoms with Gasteiger partial charge >= 0.3 is 6.18 Å². The van der Waals surface area contributed by atoms with Gasteiger partial charge in [-0.05, 0) is 31.0 Å². The van der Waals surface area contributed by atoms with Crippen LogP contribution in [-0.2, 0) is 11.0 Å². The first-order valence-corrected chi connectivity index (χ1v) is 5.78. The summed E-state index contributed by atoms with van der Waals surface area (Å²) in [5.41, 5.74) is -1.12. The number of halogens is 4. The molecule has 0 aliphatic carbocycles. The number of carbonyl (C=O) groups is 1. The van der Waals surface area contributed by atoms with Gasteiger partial charge in [-0.1, -0.05) is 0 Å². The Morgan fingerprint density at radius 2 is 2.00 bits per heavy atom. The van der Waals surface area contributed by atoms with Gasteiger partial charge in [-0.15, -0.1) is 0 Å². The fourth-order valence-corrected chi connectivity index (χ4v) is 1.95. The SMILES string of the molecule is O=C1NCCCC1Nc1cc(F)cc(C(F)(F)F)c1. The molecule has 1 fully saturated rings. The van der Waals surface area contributed by atoms with Crippen LogP contribution >= 0.6 is 0 Å².